The Morgan fingerprint density at radius 3 is 2.68 bits per heavy atom. The predicted molar refractivity (Wildman–Crippen MR) is 99.9 cm³/mol. The third-order valence-electron chi connectivity index (χ3n) is 4.78. The standard InChI is InChI=1S/C20H25F2N3O3/c1-19(2,3)25-10-15(17(23-25)14-6-5-13(21)9-16(14)22)18(26)24(4)11-20(27)7-8-28-12-20/h5-6,9-10,27H,7-8,11-12H2,1-4H3. The molecule has 0 aliphatic carbocycles. The summed E-state index contributed by atoms with van der Waals surface area (Å²) in [5.41, 5.74) is -1.18. The van der Waals surface area contributed by atoms with Crippen LogP contribution in [0.5, 0.6) is 0 Å². The zero-order valence-electron chi connectivity index (χ0n) is 16.5. The van der Waals surface area contributed by atoms with E-state index in [0.717, 1.165) is 12.1 Å². The number of rotatable bonds is 4. The molecule has 28 heavy (non-hydrogen) atoms. The lowest BCUT2D eigenvalue weighted by Gasteiger charge is -2.27. The highest BCUT2D eigenvalue weighted by Crippen LogP contribution is 2.29. The zero-order valence-corrected chi connectivity index (χ0v) is 16.5. The second-order valence-corrected chi connectivity index (χ2v) is 8.32. The number of ether oxygens (including phenoxy) is 1. The van der Waals surface area contributed by atoms with Gasteiger partial charge in [-0.15, -0.1) is 0 Å². The molecule has 0 spiro atoms. The van der Waals surface area contributed by atoms with Crippen LogP contribution in [0.4, 0.5) is 8.78 Å². The Kier molecular flexibility index (Phi) is 5.29. The van der Waals surface area contributed by atoms with Crippen LogP contribution in [-0.2, 0) is 10.3 Å². The van der Waals surface area contributed by atoms with E-state index in [1.165, 1.54) is 11.0 Å². The van der Waals surface area contributed by atoms with Gasteiger partial charge in [-0.2, -0.15) is 5.10 Å². The van der Waals surface area contributed by atoms with Gasteiger partial charge in [-0.05, 0) is 32.9 Å². The van der Waals surface area contributed by atoms with Gasteiger partial charge in [-0.3, -0.25) is 9.48 Å². The van der Waals surface area contributed by atoms with Crippen LogP contribution in [-0.4, -0.2) is 58.1 Å². The molecule has 0 radical (unpaired) electrons. The van der Waals surface area contributed by atoms with E-state index in [0.29, 0.717) is 13.0 Å². The van der Waals surface area contributed by atoms with E-state index in [2.05, 4.69) is 5.10 Å². The van der Waals surface area contributed by atoms with Crippen LogP contribution in [0.1, 0.15) is 37.6 Å². The first-order valence-electron chi connectivity index (χ1n) is 9.11. The number of hydrogen-bond acceptors (Lipinski definition) is 4. The zero-order chi connectivity index (χ0) is 20.7. The molecule has 1 aliphatic heterocycles. The van der Waals surface area contributed by atoms with Crippen molar-refractivity contribution in [3.8, 4) is 11.3 Å². The average Bonchev–Trinajstić information content (AvgIpc) is 3.20. The quantitative estimate of drug-likeness (QED) is 0.868. The molecule has 1 saturated heterocycles. The largest absolute Gasteiger partial charge is 0.386 e. The van der Waals surface area contributed by atoms with Gasteiger partial charge in [0.2, 0.25) is 0 Å². The molecule has 1 fully saturated rings. The molecule has 1 atom stereocenters. The number of likely N-dealkylation sites (N-methyl/N-ethyl adjacent to an activating group) is 1. The van der Waals surface area contributed by atoms with Crippen LogP contribution >= 0.6 is 0 Å². The fraction of sp³-hybridized carbons (Fsp3) is 0.500. The summed E-state index contributed by atoms with van der Waals surface area (Å²) >= 11 is 0. The first-order chi connectivity index (χ1) is 13.0. The van der Waals surface area contributed by atoms with Gasteiger partial charge in [0.05, 0.1) is 24.3 Å². The Morgan fingerprint density at radius 1 is 1.39 bits per heavy atom. The van der Waals surface area contributed by atoms with E-state index in [9.17, 15) is 18.7 Å². The van der Waals surface area contributed by atoms with E-state index < -0.39 is 28.7 Å². The minimum absolute atomic E-state index is 0.0454. The fourth-order valence-corrected chi connectivity index (χ4v) is 3.19. The SMILES string of the molecule is CN(CC1(O)CCOC1)C(=O)c1cn(C(C)(C)C)nc1-c1ccc(F)cc1F. The van der Waals surface area contributed by atoms with Crippen LogP contribution < -0.4 is 0 Å². The third kappa shape index (κ3) is 4.07. The molecule has 1 aromatic heterocycles. The fourth-order valence-electron chi connectivity index (χ4n) is 3.19. The molecule has 1 unspecified atom stereocenters. The number of benzene rings is 1. The van der Waals surface area contributed by atoms with Crippen molar-refractivity contribution in [1.29, 1.82) is 0 Å². The van der Waals surface area contributed by atoms with E-state index in [-0.39, 0.29) is 30.0 Å². The van der Waals surface area contributed by atoms with Gasteiger partial charge >= 0.3 is 0 Å². The normalized spacial score (nSPS) is 19.8. The summed E-state index contributed by atoms with van der Waals surface area (Å²) in [6.07, 6.45) is 2.00. The number of halogens is 2. The molecule has 1 aliphatic rings. The third-order valence-corrected chi connectivity index (χ3v) is 4.78. The highest BCUT2D eigenvalue weighted by atomic mass is 19.1. The van der Waals surface area contributed by atoms with Gasteiger partial charge in [0.25, 0.3) is 5.91 Å². The second kappa shape index (κ2) is 7.25. The molecule has 0 saturated carbocycles. The van der Waals surface area contributed by atoms with Crippen molar-refractivity contribution >= 4 is 5.91 Å². The monoisotopic (exact) mass is 393 g/mol. The van der Waals surface area contributed by atoms with E-state index in [1.807, 2.05) is 20.8 Å². The maximum atomic E-state index is 14.4. The number of carbonyl (C=O) groups is 1. The van der Waals surface area contributed by atoms with Crippen LogP contribution in [0.3, 0.4) is 0 Å². The van der Waals surface area contributed by atoms with Crippen molar-refractivity contribution in [3.05, 3.63) is 41.6 Å². The molecule has 6 nitrogen and oxygen atoms in total. The summed E-state index contributed by atoms with van der Waals surface area (Å²) in [7, 11) is 1.57. The molecule has 3 rings (SSSR count). The molecular formula is C20H25F2N3O3. The second-order valence-electron chi connectivity index (χ2n) is 8.32. The smallest absolute Gasteiger partial charge is 0.257 e. The topological polar surface area (TPSA) is 67.6 Å². The van der Waals surface area contributed by atoms with Crippen molar-refractivity contribution in [2.24, 2.45) is 0 Å². The van der Waals surface area contributed by atoms with Gasteiger partial charge in [-0.1, -0.05) is 0 Å². The maximum absolute atomic E-state index is 14.4. The summed E-state index contributed by atoms with van der Waals surface area (Å²) in [6.45, 7) is 6.39. The Balaban J connectivity index is 2.01. The van der Waals surface area contributed by atoms with Crippen molar-refractivity contribution in [2.45, 2.75) is 38.3 Å². The lowest BCUT2D eigenvalue weighted by atomic mass is 10.0. The summed E-state index contributed by atoms with van der Waals surface area (Å²) in [6, 6.07) is 3.17. The molecule has 1 amide bonds. The van der Waals surface area contributed by atoms with Gasteiger partial charge < -0.3 is 14.7 Å². The number of amides is 1. The maximum Gasteiger partial charge on any atom is 0.257 e. The van der Waals surface area contributed by atoms with E-state index in [4.69, 9.17) is 4.74 Å². The van der Waals surface area contributed by atoms with Crippen LogP contribution in [0.2, 0.25) is 0 Å². The molecule has 2 heterocycles. The Bertz CT molecular complexity index is 883. The van der Waals surface area contributed by atoms with Crippen molar-refractivity contribution in [3.63, 3.8) is 0 Å². The average molecular weight is 393 g/mol. The van der Waals surface area contributed by atoms with Gasteiger partial charge in [0.1, 0.15) is 22.9 Å². The number of aromatic nitrogens is 2. The minimum atomic E-state index is -1.11. The van der Waals surface area contributed by atoms with Crippen molar-refractivity contribution in [1.82, 2.24) is 14.7 Å². The summed E-state index contributed by atoms with van der Waals surface area (Å²) in [4.78, 5) is 14.5. The van der Waals surface area contributed by atoms with Gasteiger partial charge in [0, 0.05) is 37.9 Å². The summed E-state index contributed by atoms with van der Waals surface area (Å²) in [5.74, 6) is -1.90. The van der Waals surface area contributed by atoms with Crippen LogP contribution in [0.25, 0.3) is 11.3 Å². The Morgan fingerprint density at radius 2 is 2.11 bits per heavy atom. The van der Waals surface area contributed by atoms with Gasteiger partial charge in [0.15, 0.2) is 0 Å². The minimum Gasteiger partial charge on any atom is -0.386 e. The summed E-state index contributed by atoms with van der Waals surface area (Å²) in [5, 5.41) is 14.9. The van der Waals surface area contributed by atoms with Crippen LogP contribution in [0, 0.1) is 11.6 Å². The molecule has 0 bridgehead atoms. The molecule has 1 aromatic carbocycles. The number of nitrogens with zero attached hydrogens (tertiary/aromatic N) is 3. The summed E-state index contributed by atoms with van der Waals surface area (Å²) < 4.78 is 34.5. The van der Waals surface area contributed by atoms with Crippen LogP contribution in [0.15, 0.2) is 24.4 Å². The first kappa shape index (κ1) is 20.4. The number of hydrogen-bond donors (Lipinski definition) is 1. The van der Waals surface area contributed by atoms with Gasteiger partial charge in [-0.25, -0.2) is 8.78 Å². The van der Waals surface area contributed by atoms with E-state index >= 15 is 0 Å². The highest BCUT2D eigenvalue weighted by Gasteiger charge is 2.36. The Labute approximate surface area is 162 Å². The lowest BCUT2D eigenvalue weighted by molar-refractivity contribution is 0.00263. The van der Waals surface area contributed by atoms with Crippen molar-refractivity contribution < 1.29 is 23.4 Å². The molecule has 1 N–H and O–H groups in total. The number of carbonyl (C=O) groups excluding carboxylic acids is 1. The Hall–Kier alpha value is -2.32. The lowest BCUT2D eigenvalue weighted by Crippen LogP contribution is -2.44. The first-order valence-corrected chi connectivity index (χ1v) is 9.11. The highest BCUT2D eigenvalue weighted by molar-refractivity contribution is 5.99. The van der Waals surface area contributed by atoms with E-state index in [1.54, 1.807) is 17.9 Å². The molecule has 2 aromatic rings. The number of aliphatic hydroxyl groups is 1. The molecule has 8 heteroatoms. The predicted octanol–water partition coefficient (Wildman–Crippen LogP) is 2.81. The molecular weight excluding hydrogens is 368 g/mol. The van der Waals surface area contributed by atoms with Crippen molar-refractivity contribution in [2.75, 3.05) is 26.8 Å². The molecule has 152 valence electrons.